The van der Waals surface area contributed by atoms with Crippen molar-refractivity contribution in [2.24, 2.45) is 0 Å². The minimum atomic E-state index is -0.518. The van der Waals surface area contributed by atoms with Crippen LogP contribution >= 0.6 is 11.8 Å². The van der Waals surface area contributed by atoms with Crippen molar-refractivity contribution in [3.8, 4) is 0 Å². The van der Waals surface area contributed by atoms with Gasteiger partial charge in [-0.25, -0.2) is 4.79 Å². The van der Waals surface area contributed by atoms with Gasteiger partial charge >= 0.3 is 5.97 Å². The van der Waals surface area contributed by atoms with Crippen molar-refractivity contribution in [1.82, 2.24) is 0 Å². The van der Waals surface area contributed by atoms with Gasteiger partial charge in [-0.05, 0) is 61.9 Å². The molecule has 0 unspecified atom stereocenters. The molecule has 0 radical (unpaired) electrons. The number of carbonyl (C=O) groups excluding carboxylic acids is 3. The lowest BCUT2D eigenvalue weighted by molar-refractivity contribution is -0.114. The molecular weight excluding hydrogens is 464 g/mol. The summed E-state index contributed by atoms with van der Waals surface area (Å²) >= 11 is 1.42. The quantitative estimate of drug-likeness (QED) is 0.356. The summed E-state index contributed by atoms with van der Waals surface area (Å²) in [6, 6.07) is 19.8. The lowest BCUT2D eigenvalue weighted by Crippen LogP contribution is -2.38. The Hall–Kier alpha value is -3.62. The summed E-state index contributed by atoms with van der Waals surface area (Å²) in [5.41, 5.74) is 2.94. The molecule has 0 fully saturated rings. The molecule has 2 amide bonds. The van der Waals surface area contributed by atoms with Crippen LogP contribution < -0.4 is 10.2 Å². The zero-order chi connectivity index (χ0) is 24.8. The van der Waals surface area contributed by atoms with E-state index in [0.29, 0.717) is 35.7 Å². The number of hydrogen-bond donors (Lipinski definition) is 1. The molecule has 1 heterocycles. The van der Waals surface area contributed by atoms with E-state index in [4.69, 9.17) is 9.47 Å². The van der Waals surface area contributed by atoms with Gasteiger partial charge in [-0.1, -0.05) is 36.0 Å². The molecule has 180 valence electrons. The van der Waals surface area contributed by atoms with Gasteiger partial charge in [-0.2, -0.15) is 0 Å². The third-order valence-electron chi connectivity index (χ3n) is 5.34. The number of amides is 2. The molecule has 7 nitrogen and oxygen atoms in total. The molecule has 3 aromatic rings. The standard InChI is InChI=1S/C27H26N2O5S/c1-3-33-13-14-34-27(32)19-11-12-24-22(16-19)29(26(31)21-9-4-5-10-23(21)35-24)17-25(30)28-20-8-6-7-18(2)15-20/h4-12,15-16H,3,13-14,17H2,1-2H3,(H,28,30). The van der Waals surface area contributed by atoms with E-state index in [-0.39, 0.29) is 25.0 Å². The summed E-state index contributed by atoms with van der Waals surface area (Å²) in [7, 11) is 0. The van der Waals surface area contributed by atoms with E-state index in [1.807, 2.05) is 44.2 Å². The maximum Gasteiger partial charge on any atom is 0.338 e. The van der Waals surface area contributed by atoms with Crippen molar-refractivity contribution in [1.29, 1.82) is 0 Å². The van der Waals surface area contributed by atoms with Gasteiger partial charge in [-0.3, -0.25) is 14.5 Å². The summed E-state index contributed by atoms with van der Waals surface area (Å²) in [5, 5.41) is 2.86. The second-order valence-corrected chi connectivity index (χ2v) is 9.01. The number of esters is 1. The van der Waals surface area contributed by atoms with Crippen molar-refractivity contribution in [3.63, 3.8) is 0 Å². The molecule has 1 N–H and O–H groups in total. The van der Waals surface area contributed by atoms with Gasteiger partial charge in [0.05, 0.1) is 23.4 Å². The molecule has 0 saturated carbocycles. The summed E-state index contributed by atoms with van der Waals surface area (Å²) < 4.78 is 10.5. The highest BCUT2D eigenvalue weighted by Crippen LogP contribution is 2.41. The van der Waals surface area contributed by atoms with Crippen molar-refractivity contribution in [2.45, 2.75) is 23.6 Å². The minimum Gasteiger partial charge on any atom is -0.460 e. The molecule has 1 aliphatic heterocycles. The predicted octanol–water partition coefficient (Wildman–Crippen LogP) is 4.94. The molecule has 0 atom stereocenters. The van der Waals surface area contributed by atoms with Crippen LogP contribution in [-0.2, 0) is 14.3 Å². The van der Waals surface area contributed by atoms with Crippen molar-refractivity contribution < 1.29 is 23.9 Å². The molecular formula is C27H26N2O5S. The van der Waals surface area contributed by atoms with E-state index in [9.17, 15) is 14.4 Å². The zero-order valence-electron chi connectivity index (χ0n) is 19.6. The van der Waals surface area contributed by atoms with Crippen LogP contribution in [0.4, 0.5) is 11.4 Å². The number of benzene rings is 3. The summed E-state index contributed by atoms with van der Waals surface area (Å²) in [6.07, 6.45) is 0. The summed E-state index contributed by atoms with van der Waals surface area (Å²) in [6.45, 7) is 4.57. The van der Waals surface area contributed by atoms with Gasteiger partial charge in [0.15, 0.2) is 0 Å². The Morgan fingerprint density at radius 3 is 2.60 bits per heavy atom. The van der Waals surface area contributed by atoms with Crippen LogP contribution in [0.15, 0.2) is 76.5 Å². The van der Waals surface area contributed by atoms with E-state index in [2.05, 4.69) is 5.32 Å². The summed E-state index contributed by atoms with van der Waals surface area (Å²) in [5.74, 6) is -1.17. The molecule has 0 spiro atoms. The topological polar surface area (TPSA) is 84.9 Å². The van der Waals surface area contributed by atoms with Crippen LogP contribution in [0.1, 0.15) is 33.2 Å². The fourth-order valence-electron chi connectivity index (χ4n) is 3.69. The first-order valence-corrected chi connectivity index (χ1v) is 12.1. The number of anilines is 2. The number of hydrogen-bond acceptors (Lipinski definition) is 6. The third-order valence-corrected chi connectivity index (χ3v) is 6.48. The number of nitrogens with one attached hydrogen (secondary N) is 1. The molecule has 8 heteroatoms. The Labute approximate surface area is 208 Å². The predicted molar refractivity (Wildman–Crippen MR) is 135 cm³/mol. The highest BCUT2D eigenvalue weighted by molar-refractivity contribution is 7.99. The van der Waals surface area contributed by atoms with Gasteiger partial charge in [0, 0.05) is 22.1 Å². The highest BCUT2D eigenvalue weighted by Gasteiger charge is 2.29. The monoisotopic (exact) mass is 490 g/mol. The fraction of sp³-hybridized carbons (Fsp3) is 0.222. The second kappa shape index (κ2) is 11.2. The molecule has 0 saturated heterocycles. The largest absolute Gasteiger partial charge is 0.460 e. The molecule has 35 heavy (non-hydrogen) atoms. The molecule has 0 bridgehead atoms. The number of nitrogens with zero attached hydrogens (tertiary/aromatic N) is 1. The average Bonchev–Trinajstić information content (AvgIpc) is 2.96. The number of aryl methyl sites for hydroxylation is 1. The number of ether oxygens (including phenoxy) is 2. The van der Waals surface area contributed by atoms with E-state index in [1.54, 1.807) is 36.4 Å². The molecule has 0 aromatic heterocycles. The van der Waals surface area contributed by atoms with E-state index < -0.39 is 5.97 Å². The van der Waals surface area contributed by atoms with Crippen molar-refractivity contribution >= 4 is 40.9 Å². The molecule has 0 aliphatic carbocycles. The first kappa shape index (κ1) is 24.5. The first-order chi connectivity index (χ1) is 17.0. The Morgan fingerprint density at radius 2 is 1.80 bits per heavy atom. The van der Waals surface area contributed by atoms with E-state index in [0.717, 1.165) is 15.4 Å². The van der Waals surface area contributed by atoms with Crippen LogP contribution in [0.2, 0.25) is 0 Å². The normalized spacial score (nSPS) is 12.4. The average molecular weight is 491 g/mol. The van der Waals surface area contributed by atoms with Crippen LogP contribution in [-0.4, -0.2) is 44.1 Å². The van der Waals surface area contributed by atoms with Crippen LogP contribution in [0, 0.1) is 6.92 Å². The Morgan fingerprint density at radius 1 is 0.971 bits per heavy atom. The maximum atomic E-state index is 13.6. The Kier molecular flexibility index (Phi) is 7.84. The number of fused-ring (bicyclic) bond motifs is 2. The highest BCUT2D eigenvalue weighted by atomic mass is 32.2. The van der Waals surface area contributed by atoms with Crippen LogP contribution in [0.3, 0.4) is 0 Å². The first-order valence-electron chi connectivity index (χ1n) is 11.3. The smallest absolute Gasteiger partial charge is 0.338 e. The number of rotatable bonds is 8. The third kappa shape index (κ3) is 5.90. The minimum absolute atomic E-state index is 0.130. The lowest BCUT2D eigenvalue weighted by Gasteiger charge is -2.23. The van der Waals surface area contributed by atoms with Crippen LogP contribution in [0.5, 0.6) is 0 Å². The molecule has 4 rings (SSSR count). The van der Waals surface area contributed by atoms with Crippen molar-refractivity contribution in [2.75, 3.05) is 36.6 Å². The van der Waals surface area contributed by atoms with Crippen molar-refractivity contribution in [3.05, 3.63) is 83.4 Å². The van der Waals surface area contributed by atoms with Gasteiger partial charge < -0.3 is 14.8 Å². The van der Waals surface area contributed by atoms with E-state index in [1.165, 1.54) is 16.7 Å². The zero-order valence-corrected chi connectivity index (χ0v) is 20.4. The SMILES string of the molecule is CCOCCOC(=O)c1ccc2c(c1)N(CC(=O)Nc1cccc(C)c1)C(=O)c1ccccc1S2. The van der Waals surface area contributed by atoms with Crippen LogP contribution in [0.25, 0.3) is 0 Å². The van der Waals surface area contributed by atoms with Gasteiger partial charge in [-0.15, -0.1) is 0 Å². The maximum absolute atomic E-state index is 13.6. The van der Waals surface area contributed by atoms with E-state index >= 15 is 0 Å². The molecule has 3 aromatic carbocycles. The Bertz CT molecular complexity index is 1260. The van der Waals surface area contributed by atoms with Gasteiger partial charge in [0.1, 0.15) is 13.2 Å². The van der Waals surface area contributed by atoms with Gasteiger partial charge in [0.25, 0.3) is 5.91 Å². The summed E-state index contributed by atoms with van der Waals surface area (Å²) in [4.78, 5) is 42.1. The second-order valence-electron chi connectivity index (χ2n) is 7.92. The number of carbonyl (C=O) groups is 3. The Balaban J connectivity index is 1.64. The van der Waals surface area contributed by atoms with Gasteiger partial charge in [0.2, 0.25) is 5.91 Å². The molecule has 1 aliphatic rings. The lowest BCUT2D eigenvalue weighted by atomic mass is 10.1. The fourth-order valence-corrected chi connectivity index (χ4v) is 4.75.